The van der Waals surface area contributed by atoms with Gasteiger partial charge in [-0.2, -0.15) is 0 Å². The van der Waals surface area contributed by atoms with Crippen LogP contribution in [-0.2, 0) is 0 Å². The van der Waals surface area contributed by atoms with E-state index in [-0.39, 0.29) is 17.6 Å². The first-order chi connectivity index (χ1) is 12.1. The van der Waals surface area contributed by atoms with Crippen LogP contribution >= 0.6 is 11.6 Å². The topological polar surface area (TPSA) is 72.4 Å². The predicted molar refractivity (Wildman–Crippen MR) is 91.2 cm³/mol. The molecular weight excluding hydrogens is 342 g/mol. The number of halogens is 1. The molecule has 0 unspecified atom stereocenters. The molecule has 1 atom stereocenters. The minimum absolute atomic E-state index is 0.0868. The molecule has 1 aliphatic rings. The van der Waals surface area contributed by atoms with E-state index in [4.69, 9.17) is 20.6 Å². The van der Waals surface area contributed by atoms with Crippen molar-refractivity contribution in [1.82, 2.24) is 15.2 Å². The monoisotopic (exact) mass is 357 g/mol. The van der Waals surface area contributed by atoms with Crippen molar-refractivity contribution in [3.8, 4) is 11.3 Å². The number of carbonyl (C=O) groups is 1. The van der Waals surface area contributed by atoms with Gasteiger partial charge in [0.15, 0.2) is 11.5 Å². The van der Waals surface area contributed by atoms with Crippen molar-refractivity contribution in [3.05, 3.63) is 58.6 Å². The van der Waals surface area contributed by atoms with Crippen LogP contribution in [0.15, 0.2) is 45.4 Å². The molecule has 0 N–H and O–H groups in total. The van der Waals surface area contributed by atoms with Gasteiger partial charge in [-0.1, -0.05) is 34.0 Å². The van der Waals surface area contributed by atoms with E-state index in [0.717, 1.165) is 29.9 Å². The molecule has 0 radical (unpaired) electrons. The highest BCUT2D eigenvalue weighted by Gasteiger charge is 2.34. The molecule has 1 saturated heterocycles. The number of benzene rings is 1. The van der Waals surface area contributed by atoms with Gasteiger partial charge >= 0.3 is 0 Å². The molecule has 0 spiro atoms. The Morgan fingerprint density at radius 2 is 2.12 bits per heavy atom. The van der Waals surface area contributed by atoms with Crippen LogP contribution in [0.3, 0.4) is 0 Å². The highest BCUT2D eigenvalue weighted by atomic mass is 35.5. The summed E-state index contributed by atoms with van der Waals surface area (Å²) in [5.74, 6) is 1.08. The van der Waals surface area contributed by atoms with Crippen molar-refractivity contribution in [1.29, 1.82) is 0 Å². The highest BCUT2D eigenvalue weighted by Crippen LogP contribution is 2.33. The van der Waals surface area contributed by atoms with Crippen LogP contribution in [0.25, 0.3) is 11.3 Å². The Balaban J connectivity index is 1.58. The number of likely N-dealkylation sites (tertiary alicyclic amines) is 1. The maximum atomic E-state index is 12.9. The number of amides is 1. The maximum absolute atomic E-state index is 12.9. The molecule has 25 heavy (non-hydrogen) atoms. The van der Waals surface area contributed by atoms with E-state index in [9.17, 15) is 4.79 Å². The van der Waals surface area contributed by atoms with E-state index in [2.05, 4.69) is 10.3 Å². The summed E-state index contributed by atoms with van der Waals surface area (Å²) in [6.45, 7) is 2.50. The lowest BCUT2D eigenvalue weighted by atomic mass is 10.1. The van der Waals surface area contributed by atoms with Crippen LogP contribution in [0.1, 0.15) is 40.8 Å². The molecule has 128 valence electrons. The van der Waals surface area contributed by atoms with Gasteiger partial charge in [0.2, 0.25) is 0 Å². The van der Waals surface area contributed by atoms with Gasteiger partial charge in [0.05, 0.1) is 6.04 Å². The second kappa shape index (κ2) is 6.37. The SMILES string of the molecule is Cc1cc([C@H]2CCCN2C(=O)c2cc(-c3cccc(Cl)c3)on2)no1. The van der Waals surface area contributed by atoms with Gasteiger partial charge in [0.1, 0.15) is 11.5 Å². The van der Waals surface area contributed by atoms with Crippen LogP contribution in [0.2, 0.25) is 5.02 Å². The summed E-state index contributed by atoms with van der Waals surface area (Å²) in [5.41, 5.74) is 1.84. The Kier molecular flexibility index (Phi) is 4.05. The Labute approximate surface area is 149 Å². The van der Waals surface area contributed by atoms with Gasteiger partial charge in [-0.05, 0) is 31.9 Å². The molecule has 3 heterocycles. The molecule has 1 amide bonds. The summed E-state index contributed by atoms with van der Waals surface area (Å²) < 4.78 is 10.5. The van der Waals surface area contributed by atoms with Crippen molar-refractivity contribution >= 4 is 17.5 Å². The number of aromatic nitrogens is 2. The Bertz CT molecular complexity index is 918. The maximum Gasteiger partial charge on any atom is 0.276 e. The van der Waals surface area contributed by atoms with E-state index in [0.29, 0.717) is 17.3 Å². The predicted octanol–water partition coefficient (Wildman–Crippen LogP) is 4.27. The van der Waals surface area contributed by atoms with Crippen LogP contribution in [0.4, 0.5) is 0 Å². The van der Waals surface area contributed by atoms with Crippen molar-refractivity contribution < 1.29 is 13.8 Å². The smallest absolute Gasteiger partial charge is 0.276 e. The fourth-order valence-electron chi connectivity index (χ4n) is 3.16. The van der Waals surface area contributed by atoms with Crippen LogP contribution < -0.4 is 0 Å². The van der Waals surface area contributed by atoms with E-state index >= 15 is 0 Å². The second-order valence-corrected chi connectivity index (χ2v) is 6.54. The number of hydrogen-bond donors (Lipinski definition) is 0. The van der Waals surface area contributed by atoms with Gasteiger partial charge in [0.25, 0.3) is 5.91 Å². The van der Waals surface area contributed by atoms with Gasteiger partial charge in [-0.15, -0.1) is 0 Å². The third-order valence-corrected chi connectivity index (χ3v) is 4.57. The lowest BCUT2D eigenvalue weighted by Gasteiger charge is -2.21. The largest absolute Gasteiger partial charge is 0.361 e. The zero-order chi connectivity index (χ0) is 17.4. The van der Waals surface area contributed by atoms with Gasteiger partial charge < -0.3 is 13.9 Å². The summed E-state index contributed by atoms with van der Waals surface area (Å²) in [4.78, 5) is 14.6. The number of rotatable bonds is 3. The van der Waals surface area contributed by atoms with E-state index in [1.165, 1.54) is 0 Å². The molecule has 3 aromatic rings. The van der Waals surface area contributed by atoms with Crippen LogP contribution in [0, 0.1) is 6.92 Å². The average molecular weight is 358 g/mol. The molecule has 0 aliphatic carbocycles. The van der Waals surface area contributed by atoms with E-state index < -0.39 is 0 Å². The van der Waals surface area contributed by atoms with Gasteiger partial charge in [-0.3, -0.25) is 4.79 Å². The molecule has 4 rings (SSSR count). The molecular formula is C18H16ClN3O3. The van der Waals surface area contributed by atoms with Crippen molar-refractivity contribution in [2.75, 3.05) is 6.54 Å². The Morgan fingerprint density at radius 3 is 2.88 bits per heavy atom. The van der Waals surface area contributed by atoms with Crippen LogP contribution in [0.5, 0.6) is 0 Å². The third-order valence-electron chi connectivity index (χ3n) is 4.34. The molecule has 1 aromatic carbocycles. The first kappa shape index (κ1) is 15.9. The molecule has 2 aromatic heterocycles. The van der Waals surface area contributed by atoms with E-state index in [1.807, 2.05) is 25.1 Å². The lowest BCUT2D eigenvalue weighted by molar-refractivity contribution is 0.0720. The Hall–Kier alpha value is -2.60. The fraction of sp³-hybridized carbons (Fsp3) is 0.278. The second-order valence-electron chi connectivity index (χ2n) is 6.11. The minimum atomic E-state index is -0.166. The molecule has 6 nitrogen and oxygen atoms in total. The van der Waals surface area contributed by atoms with E-state index in [1.54, 1.807) is 23.1 Å². The first-order valence-electron chi connectivity index (χ1n) is 8.08. The third kappa shape index (κ3) is 3.05. The number of nitrogens with zero attached hydrogens (tertiary/aromatic N) is 3. The standard InChI is InChI=1S/C18H16ClN3O3/c1-11-8-14(20-24-11)16-6-3-7-22(16)18(23)15-10-17(25-21-15)12-4-2-5-13(19)9-12/h2,4-5,8-10,16H,3,6-7H2,1H3/t16-/m1/s1. The molecule has 1 aliphatic heterocycles. The average Bonchev–Trinajstić information content (AvgIpc) is 3.34. The zero-order valence-corrected chi connectivity index (χ0v) is 14.4. The van der Waals surface area contributed by atoms with Crippen LogP contribution in [-0.4, -0.2) is 27.7 Å². The minimum Gasteiger partial charge on any atom is -0.361 e. The van der Waals surface area contributed by atoms with Crippen molar-refractivity contribution in [2.24, 2.45) is 0 Å². The summed E-state index contributed by atoms with van der Waals surface area (Å²) >= 11 is 6.00. The Morgan fingerprint density at radius 1 is 1.24 bits per heavy atom. The van der Waals surface area contributed by atoms with Crippen molar-refractivity contribution in [3.63, 3.8) is 0 Å². The summed E-state index contributed by atoms with van der Waals surface area (Å²) in [6, 6.07) is 10.7. The summed E-state index contributed by atoms with van der Waals surface area (Å²) in [7, 11) is 0. The molecule has 0 bridgehead atoms. The number of aryl methyl sites for hydroxylation is 1. The normalized spacial score (nSPS) is 17.2. The number of hydrogen-bond acceptors (Lipinski definition) is 5. The zero-order valence-electron chi connectivity index (χ0n) is 13.6. The number of carbonyl (C=O) groups excluding carboxylic acids is 1. The molecule has 7 heteroatoms. The fourth-order valence-corrected chi connectivity index (χ4v) is 3.35. The first-order valence-corrected chi connectivity index (χ1v) is 8.46. The highest BCUT2D eigenvalue weighted by molar-refractivity contribution is 6.30. The van der Waals surface area contributed by atoms with Gasteiger partial charge in [-0.25, -0.2) is 0 Å². The summed E-state index contributed by atoms with van der Waals surface area (Å²) in [5, 5.41) is 8.61. The molecule has 1 fully saturated rings. The quantitative estimate of drug-likeness (QED) is 0.700. The van der Waals surface area contributed by atoms with Crippen molar-refractivity contribution in [2.45, 2.75) is 25.8 Å². The summed E-state index contributed by atoms with van der Waals surface area (Å²) in [6.07, 6.45) is 1.78. The lowest BCUT2D eigenvalue weighted by Crippen LogP contribution is -2.30. The molecule has 0 saturated carbocycles. The van der Waals surface area contributed by atoms with Gasteiger partial charge in [0, 0.05) is 29.3 Å².